The van der Waals surface area contributed by atoms with Crippen molar-refractivity contribution < 1.29 is 34.4 Å². The van der Waals surface area contributed by atoms with E-state index >= 15 is 0 Å². The maximum atomic E-state index is 10.0. The van der Waals surface area contributed by atoms with Gasteiger partial charge in [-0.3, -0.25) is 4.79 Å². The Hall–Kier alpha value is -0.620. The third kappa shape index (κ3) is 5.81. The molecular weight excluding hydrogens is 149 g/mol. The molecule has 50 valence electrons. The van der Waals surface area contributed by atoms with Crippen LogP contribution in [0.15, 0.2) is 30.3 Å². The van der Waals surface area contributed by atoms with Gasteiger partial charge < -0.3 is 11.8 Å². The molecule has 1 rings (SSSR count). The first-order valence-corrected chi connectivity index (χ1v) is 2.66. The third-order valence-electron chi connectivity index (χ3n) is 0.936. The van der Waals surface area contributed by atoms with Crippen LogP contribution in [0.5, 0.6) is 0 Å². The number of nitrogens with zero attached hydrogens (tertiary/aromatic N) is 1. The molecule has 0 unspecified atom stereocenters. The summed E-state index contributed by atoms with van der Waals surface area (Å²) in [7, 11) is 0. The average molecular weight is 155 g/mol. The summed E-state index contributed by atoms with van der Waals surface area (Å²) in [5.74, 6) is 0. The van der Waals surface area contributed by atoms with E-state index in [-0.39, 0.29) is 29.6 Å². The number of aldehydes is 1. The minimum atomic E-state index is 0. The predicted molar refractivity (Wildman–Crippen MR) is 36.8 cm³/mol. The van der Waals surface area contributed by atoms with E-state index in [4.69, 9.17) is 11.8 Å². The van der Waals surface area contributed by atoms with Crippen LogP contribution in [0, 0.1) is 11.8 Å². The van der Waals surface area contributed by atoms with Gasteiger partial charge in [0.2, 0.25) is 0 Å². The number of hydrogen-bond donors (Lipinski definition) is 0. The van der Waals surface area contributed by atoms with Crippen LogP contribution < -0.4 is 29.6 Å². The van der Waals surface area contributed by atoms with Gasteiger partial charge in [0, 0.05) is 5.56 Å². The molecule has 0 aliphatic rings. The molecule has 11 heavy (non-hydrogen) atoms. The Labute approximate surface area is 88.1 Å². The number of carbonyl (C=O) groups is 1. The fraction of sp³-hybridized carbons (Fsp3) is 0. The topological polar surface area (TPSA) is 40.9 Å². The normalized spacial score (nSPS) is 6.36. The summed E-state index contributed by atoms with van der Waals surface area (Å²) in [6.45, 7) is 4.75. The molecule has 2 nitrogen and oxygen atoms in total. The van der Waals surface area contributed by atoms with Gasteiger partial charge in [0.15, 0.2) is 0 Å². The molecule has 0 bridgehead atoms. The molecule has 0 amide bonds. The molecular formula is C8H6NNaO. The van der Waals surface area contributed by atoms with Crippen molar-refractivity contribution in [1.29, 1.82) is 5.26 Å². The van der Waals surface area contributed by atoms with E-state index in [0.29, 0.717) is 0 Å². The van der Waals surface area contributed by atoms with Crippen molar-refractivity contribution in [2.45, 2.75) is 0 Å². The molecule has 0 saturated carbocycles. The van der Waals surface area contributed by atoms with Gasteiger partial charge in [0.25, 0.3) is 0 Å². The zero-order valence-electron chi connectivity index (χ0n) is 6.32. The van der Waals surface area contributed by atoms with Crippen LogP contribution >= 0.6 is 0 Å². The van der Waals surface area contributed by atoms with E-state index in [9.17, 15) is 4.79 Å². The molecule has 0 atom stereocenters. The molecule has 0 aliphatic heterocycles. The van der Waals surface area contributed by atoms with Crippen LogP contribution in [0.2, 0.25) is 0 Å². The summed E-state index contributed by atoms with van der Waals surface area (Å²) in [5, 5.41) is 6.25. The number of hydrogen-bond acceptors (Lipinski definition) is 2. The maximum absolute atomic E-state index is 10.0. The summed E-state index contributed by atoms with van der Waals surface area (Å²) >= 11 is 0. The second kappa shape index (κ2) is 9.38. The second-order valence-corrected chi connectivity index (χ2v) is 1.53. The summed E-state index contributed by atoms with van der Waals surface area (Å²) in [6, 6.07) is 9.10. The molecule has 3 heteroatoms. The quantitative estimate of drug-likeness (QED) is 0.284. The van der Waals surface area contributed by atoms with Gasteiger partial charge in [-0.25, -0.2) is 0 Å². The van der Waals surface area contributed by atoms with Gasteiger partial charge in [0.1, 0.15) is 6.29 Å². The van der Waals surface area contributed by atoms with Gasteiger partial charge in [-0.05, 0) is 0 Å². The molecule has 1 aromatic rings. The minimum absolute atomic E-state index is 0. The SMILES string of the molecule is O=Cc1ccccc1.[C-]#N.[Na+]. The van der Waals surface area contributed by atoms with Crippen LogP contribution in [0.25, 0.3) is 0 Å². The maximum Gasteiger partial charge on any atom is 1.00 e. The summed E-state index contributed by atoms with van der Waals surface area (Å²) in [4.78, 5) is 10.0. The Morgan fingerprint density at radius 2 is 1.64 bits per heavy atom. The Kier molecular flexibility index (Phi) is 11.1. The van der Waals surface area contributed by atoms with Gasteiger partial charge in [-0.15, -0.1) is 0 Å². The first-order valence-electron chi connectivity index (χ1n) is 2.66. The smallest absolute Gasteiger partial charge is 0.512 e. The minimum Gasteiger partial charge on any atom is -0.512 e. The second-order valence-electron chi connectivity index (χ2n) is 1.53. The van der Waals surface area contributed by atoms with E-state index in [1.54, 1.807) is 12.1 Å². The van der Waals surface area contributed by atoms with Gasteiger partial charge in [-0.2, -0.15) is 0 Å². The Bertz CT molecular complexity index is 208. The van der Waals surface area contributed by atoms with Gasteiger partial charge in [-0.1, -0.05) is 30.3 Å². The molecule has 0 aliphatic carbocycles. The summed E-state index contributed by atoms with van der Waals surface area (Å²) < 4.78 is 0. The third-order valence-corrected chi connectivity index (χ3v) is 0.936. The molecule has 0 fully saturated rings. The van der Waals surface area contributed by atoms with E-state index in [1.165, 1.54) is 0 Å². The number of rotatable bonds is 1. The first kappa shape index (κ1) is 13.0. The van der Waals surface area contributed by atoms with Crippen molar-refractivity contribution in [3.8, 4) is 0 Å². The molecule has 1 aromatic carbocycles. The van der Waals surface area contributed by atoms with Gasteiger partial charge in [0.05, 0.1) is 0 Å². The molecule has 0 spiro atoms. The zero-order valence-corrected chi connectivity index (χ0v) is 8.32. The fourth-order valence-corrected chi connectivity index (χ4v) is 0.532. The average Bonchev–Trinajstić information content (AvgIpc) is 2.10. The first-order chi connectivity index (χ1) is 4.93. The number of benzene rings is 1. The molecule has 0 aromatic heterocycles. The van der Waals surface area contributed by atoms with E-state index in [1.807, 2.05) is 18.2 Å². The van der Waals surface area contributed by atoms with Crippen molar-refractivity contribution in [2.24, 2.45) is 0 Å². The van der Waals surface area contributed by atoms with Crippen LogP contribution in [0.1, 0.15) is 10.4 Å². The van der Waals surface area contributed by atoms with E-state index in [0.717, 1.165) is 11.8 Å². The molecule has 0 heterocycles. The van der Waals surface area contributed by atoms with Crippen LogP contribution in [0.4, 0.5) is 0 Å². The molecule has 0 N–H and O–H groups in total. The Balaban J connectivity index is 0. The summed E-state index contributed by atoms with van der Waals surface area (Å²) in [6.07, 6.45) is 0.833. The van der Waals surface area contributed by atoms with Gasteiger partial charge >= 0.3 is 29.6 Å². The molecule has 0 saturated heterocycles. The van der Waals surface area contributed by atoms with Crippen molar-refractivity contribution in [1.82, 2.24) is 0 Å². The van der Waals surface area contributed by atoms with Crippen molar-refractivity contribution in [2.75, 3.05) is 0 Å². The summed E-state index contributed by atoms with van der Waals surface area (Å²) in [5.41, 5.74) is 0.729. The van der Waals surface area contributed by atoms with Crippen LogP contribution in [0.3, 0.4) is 0 Å². The van der Waals surface area contributed by atoms with Crippen molar-refractivity contribution >= 4 is 6.29 Å². The predicted octanol–water partition coefficient (Wildman–Crippen LogP) is -1.40. The number of carbonyl (C=O) groups excluding carboxylic acids is 1. The largest absolute Gasteiger partial charge is 1.00 e. The van der Waals surface area contributed by atoms with Crippen molar-refractivity contribution in [3.05, 3.63) is 42.5 Å². The monoisotopic (exact) mass is 155 g/mol. The van der Waals surface area contributed by atoms with E-state index < -0.39 is 0 Å². The zero-order chi connectivity index (χ0) is 7.82. The Morgan fingerprint density at radius 3 is 1.91 bits per heavy atom. The fourth-order valence-electron chi connectivity index (χ4n) is 0.532. The van der Waals surface area contributed by atoms with Crippen molar-refractivity contribution in [3.63, 3.8) is 0 Å². The van der Waals surface area contributed by atoms with Crippen LogP contribution in [-0.2, 0) is 0 Å². The van der Waals surface area contributed by atoms with E-state index in [2.05, 4.69) is 0 Å². The standard InChI is InChI=1S/C7H6O.CN.Na/c8-6-7-4-2-1-3-5-7;1-2;/h1-6H;;/q;-1;+1. The Morgan fingerprint density at radius 1 is 1.18 bits per heavy atom. The molecule has 0 radical (unpaired) electrons. The van der Waals surface area contributed by atoms with Crippen LogP contribution in [-0.4, -0.2) is 6.29 Å².